The largest absolute Gasteiger partial charge is 0.470 e. The summed E-state index contributed by atoms with van der Waals surface area (Å²) < 4.78 is 8.73. The maximum Gasteiger partial charge on any atom is 0.277 e. The molecule has 4 aromatic rings. The SMILES string of the molecule is O=C(Nc1ccn(Cc2ccc(Cl)cc2Cl)n1)c1ccn(COc2cccc(Cl)c2Cl)n1. The number of ether oxygens (including phenoxy) is 1. The lowest BCUT2D eigenvalue weighted by atomic mass is 10.2. The predicted molar refractivity (Wildman–Crippen MR) is 125 cm³/mol. The van der Waals surface area contributed by atoms with Gasteiger partial charge in [-0.05, 0) is 35.9 Å². The summed E-state index contributed by atoms with van der Waals surface area (Å²) in [6.07, 6.45) is 3.36. The molecule has 32 heavy (non-hydrogen) atoms. The van der Waals surface area contributed by atoms with E-state index < -0.39 is 5.91 Å². The van der Waals surface area contributed by atoms with Crippen LogP contribution in [-0.2, 0) is 13.3 Å². The van der Waals surface area contributed by atoms with Gasteiger partial charge in [0.25, 0.3) is 5.91 Å². The van der Waals surface area contributed by atoms with Crippen molar-refractivity contribution in [1.82, 2.24) is 19.6 Å². The van der Waals surface area contributed by atoms with Crippen LogP contribution in [0.3, 0.4) is 0 Å². The zero-order chi connectivity index (χ0) is 22.7. The van der Waals surface area contributed by atoms with Crippen LogP contribution in [0.2, 0.25) is 20.1 Å². The first kappa shape index (κ1) is 22.5. The standard InChI is InChI=1S/C21H15Cl4N5O2/c22-14-5-4-13(16(24)10-14)11-29-9-7-19(28-29)26-21(31)17-6-8-30(27-17)12-32-18-3-1-2-15(23)20(18)25/h1-10H,11-12H2,(H,26,28,31). The molecular weight excluding hydrogens is 496 g/mol. The van der Waals surface area contributed by atoms with Gasteiger partial charge in [0, 0.05) is 28.5 Å². The lowest BCUT2D eigenvalue weighted by molar-refractivity contribution is 0.101. The maximum atomic E-state index is 12.5. The van der Waals surface area contributed by atoms with E-state index in [4.69, 9.17) is 51.1 Å². The summed E-state index contributed by atoms with van der Waals surface area (Å²) in [4.78, 5) is 12.5. The highest BCUT2D eigenvalue weighted by molar-refractivity contribution is 6.42. The molecule has 2 aromatic heterocycles. The van der Waals surface area contributed by atoms with Crippen LogP contribution in [0.1, 0.15) is 16.1 Å². The van der Waals surface area contributed by atoms with E-state index in [1.165, 1.54) is 4.68 Å². The van der Waals surface area contributed by atoms with Gasteiger partial charge in [0.05, 0.1) is 11.6 Å². The molecule has 1 N–H and O–H groups in total. The Balaban J connectivity index is 1.35. The lowest BCUT2D eigenvalue weighted by Gasteiger charge is -2.08. The van der Waals surface area contributed by atoms with E-state index in [0.29, 0.717) is 38.2 Å². The molecule has 0 unspecified atom stereocenters. The van der Waals surface area contributed by atoms with Crippen LogP contribution < -0.4 is 10.1 Å². The first-order valence-corrected chi connectivity index (χ1v) is 10.8. The molecule has 0 spiro atoms. The van der Waals surface area contributed by atoms with Crippen molar-refractivity contribution in [2.45, 2.75) is 13.3 Å². The fraction of sp³-hybridized carbons (Fsp3) is 0.0952. The second kappa shape index (κ2) is 9.83. The smallest absolute Gasteiger partial charge is 0.277 e. The van der Waals surface area contributed by atoms with Crippen molar-refractivity contribution in [3.8, 4) is 5.75 Å². The molecule has 11 heteroatoms. The molecule has 164 valence electrons. The molecule has 0 atom stereocenters. The van der Waals surface area contributed by atoms with Crippen LogP contribution in [-0.4, -0.2) is 25.5 Å². The summed E-state index contributed by atoms with van der Waals surface area (Å²) >= 11 is 24.2. The van der Waals surface area contributed by atoms with Gasteiger partial charge in [-0.1, -0.05) is 58.5 Å². The van der Waals surface area contributed by atoms with Gasteiger partial charge < -0.3 is 10.1 Å². The third-order valence-corrected chi connectivity index (χ3v) is 5.76. The summed E-state index contributed by atoms with van der Waals surface area (Å²) in [6, 6.07) is 13.6. The van der Waals surface area contributed by atoms with Crippen LogP contribution in [0.25, 0.3) is 0 Å². The Hall–Kier alpha value is -2.71. The molecule has 0 aliphatic heterocycles. The zero-order valence-corrected chi connectivity index (χ0v) is 19.3. The van der Waals surface area contributed by atoms with E-state index in [-0.39, 0.29) is 12.4 Å². The Morgan fingerprint density at radius 2 is 1.75 bits per heavy atom. The molecule has 0 saturated carbocycles. The van der Waals surface area contributed by atoms with Crippen molar-refractivity contribution in [3.63, 3.8) is 0 Å². The number of hydrogen-bond acceptors (Lipinski definition) is 4. The predicted octanol–water partition coefficient (Wildman–Crippen LogP) is 6.03. The van der Waals surface area contributed by atoms with Crippen molar-refractivity contribution in [2.75, 3.05) is 5.32 Å². The number of carbonyl (C=O) groups excluding carboxylic acids is 1. The number of benzene rings is 2. The van der Waals surface area contributed by atoms with E-state index >= 15 is 0 Å². The van der Waals surface area contributed by atoms with E-state index in [0.717, 1.165) is 5.56 Å². The molecule has 4 rings (SSSR count). The molecule has 0 saturated heterocycles. The van der Waals surface area contributed by atoms with E-state index in [2.05, 4.69) is 15.5 Å². The van der Waals surface area contributed by atoms with Crippen molar-refractivity contribution in [2.24, 2.45) is 0 Å². The van der Waals surface area contributed by atoms with Gasteiger partial charge in [-0.15, -0.1) is 0 Å². The number of aromatic nitrogens is 4. The number of halogens is 4. The minimum Gasteiger partial charge on any atom is -0.470 e. The van der Waals surface area contributed by atoms with E-state index in [9.17, 15) is 4.79 Å². The first-order chi connectivity index (χ1) is 15.4. The van der Waals surface area contributed by atoms with Gasteiger partial charge >= 0.3 is 0 Å². The third-order valence-electron chi connectivity index (χ3n) is 4.37. The van der Waals surface area contributed by atoms with Crippen LogP contribution in [0, 0.1) is 0 Å². The maximum absolute atomic E-state index is 12.5. The highest BCUT2D eigenvalue weighted by Crippen LogP contribution is 2.31. The molecule has 0 bridgehead atoms. The number of hydrogen-bond donors (Lipinski definition) is 1. The second-order valence-corrected chi connectivity index (χ2v) is 8.28. The van der Waals surface area contributed by atoms with Gasteiger partial charge in [-0.3, -0.25) is 9.48 Å². The molecule has 7 nitrogen and oxygen atoms in total. The Morgan fingerprint density at radius 3 is 2.56 bits per heavy atom. The van der Waals surface area contributed by atoms with Crippen LogP contribution in [0.4, 0.5) is 5.82 Å². The fourth-order valence-electron chi connectivity index (χ4n) is 2.81. The Labute approximate surface area is 203 Å². The molecule has 2 aromatic carbocycles. The number of nitrogens with one attached hydrogen (secondary N) is 1. The monoisotopic (exact) mass is 509 g/mol. The third kappa shape index (κ3) is 5.37. The number of nitrogens with zero attached hydrogens (tertiary/aromatic N) is 4. The van der Waals surface area contributed by atoms with Crippen LogP contribution >= 0.6 is 46.4 Å². The molecule has 0 aliphatic rings. The van der Waals surface area contributed by atoms with Crippen molar-refractivity contribution in [3.05, 3.63) is 92.3 Å². The second-order valence-electron chi connectivity index (χ2n) is 6.65. The number of rotatable bonds is 7. The summed E-state index contributed by atoms with van der Waals surface area (Å²) in [5, 5.41) is 13.1. The molecule has 0 fully saturated rings. The molecular formula is C21H15Cl4N5O2. The summed E-state index contributed by atoms with van der Waals surface area (Å²) in [7, 11) is 0. The average molecular weight is 511 g/mol. The highest BCUT2D eigenvalue weighted by atomic mass is 35.5. The number of carbonyl (C=O) groups is 1. The summed E-state index contributed by atoms with van der Waals surface area (Å²) in [6.45, 7) is 0.494. The van der Waals surface area contributed by atoms with Crippen LogP contribution in [0.15, 0.2) is 60.9 Å². The number of anilines is 1. The van der Waals surface area contributed by atoms with Gasteiger partial charge in [-0.25, -0.2) is 4.68 Å². The minimum absolute atomic E-state index is 0.0593. The normalized spacial score (nSPS) is 10.9. The highest BCUT2D eigenvalue weighted by Gasteiger charge is 2.13. The van der Waals surface area contributed by atoms with Gasteiger partial charge in [-0.2, -0.15) is 10.2 Å². The van der Waals surface area contributed by atoms with Gasteiger partial charge in [0.15, 0.2) is 18.2 Å². The Morgan fingerprint density at radius 1 is 0.938 bits per heavy atom. The van der Waals surface area contributed by atoms with Crippen molar-refractivity contribution >= 4 is 58.1 Å². The van der Waals surface area contributed by atoms with Gasteiger partial charge in [0.1, 0.15) is 10.8 Å². The Bertz CT molecular complexity index is 1270. The number of amides is 1. The minimum atomic E-state index is -0.403. The quantitative estimate of drug-likeness (QED) is 0.329. The fourth-order valence-corrected chi connectivity index (χ4v) is 3.62. The molecule has 0 aliphatic carbocycles. The lowest BCUT2D eigenvalue weighted by Crippen LogP contribution is -2.15. The van der Waals surface area contributed by atoms with Crippen LogP contribution in [0.5, 0.6) is 5.75 Å². The summed E-state index contributed by atoms with van der Waals surface area (Å²) in [5.41, 5.74) is 1.07. The summed E-state index contributed by atoms with van der Waals surface area (Å²) in [5.74, 6) is 0.405. The Kier molecular flexibility index (Phi) is 6.91. The zero-order valence-electron chi connectivity index (χ0n) is 16.3. The van der Waals surface area contributed by atoms with Crippen molar-refractivity contribution in [1.29, 1.82) is 0 Å². The van der Waals surface area contributed by atoms with E-state index in [1.54, 1.807) is 59.5 Å². The van der Waals surface area contributed by atoms with Crippen molar-refractivity contribution < 1.29 is 9.53 Å². The average Bonchev–Trinajstić information content (AvgIpc) is 3.41. The van der Waals surface area contributed by atoms with E-state index in [1.807, 2.05) is 6.07 Å². The van der Waals surface area contributed by atoms with Gasteiger partial charge in [0.2, 0.25) is 0 Å². The first-order valence-electron chi connectivity index (χ1n) is 9.28. The topological polar surface area (TPSA) is 74.0 Å². The molecule has 0 radical (unpaired) electrons. The molecule has 2 heterocycles. The molecule has 1 amide bonds.